The number of hydrogen-bond acceptors (Lipinski definition) is 3. The lowest BCUT2D eigenvalue weighted by atomic mass is 9.91. The molecule has 110 valence electrons. The lowest BCUT2D eigenvalue weighted by molar-refractivity contribution is -0.121. The lowest BCUT2D eigenvalue weighted by Crippen LogP contribution is -2.52. The molecule has 1 saturated heterocycles. The van der Waals surface area contributed by atoms with Crippen LogP contribution in [0, 0.1) is 0 Å². The fourth-order valence-electron chi connectivity index (χ4n) is 3.05. The Bertz CT molecular complexity index is 597. The Morgan fingerprint density at radius 1 is 1.33 bits per heavy atom. The van der Waals surface area contributed by atoms with Crippen molar-refractivity contribution in [3.63, 3.8) is 0 Å². The highest BCUT2D eigenvalue weighted by molar-refractivity contribution is 7.13. The van der Waals surface area contributed by atoms with Crippen LogP contribution in [0.15, 0.2) is 41.8 Å². The number of thiophene rings is 1. The van der Waals surface area contributed by atoms with Crippen molar-refractivity contribution < 1.29 is 4.79 Å². The number of piperidine rings is 1. The van der Waals surface area contributed by atoms with Gasteiger partial charge in [-0.1, -0.05) is 30.3 Å². The summed E-state index contributed by atoms with van der Waals surface area (Å²) in [5, 5.41) is 2.09. The first-order valence-corrected chi connectivity index (χ1v) is 8.25. The van der Waals surface area contributed by atoms with Crippen LogP contribution in [0.4, 0.5) is 0 Å². The van der Waals surface area contributed by atoms with Crippen molar-refractivity contribution in [2.75, 3.05) is 6.54 Å². The van der Waals surface area contributed by atoms with Crippen LogP contribution in [0.25, 0.3) is 10.4 Å². The van der Waals surface area contributed by atoms with Crippen LogP contribution in [0.2, 0.25) is 0 Å². The molecule has 3 rings (SSSR count). The van der Waals surface area contributed by atoms with Crippen molar-refractivity contribution in [2.24, 2.45) is 5.73 Å². The number of hydrogen-bond donors (Lipinski definition) is 1. The van der Waals surface area contributed by atoms with Gasteiger partial charge in [-0.25, -0.2) is 0 Å². The molecule has 3 nitrogen and oxygen atoms in total. The van der Waals surface area contributed by atoms with Gasteiger partial charge in [-0.15, -0.1) is 11.3 Å². The highest BCUT2D eigenvalue weighted by atomic mass is 32.1. The third-order valence-corrected chi connectivity index (χ3v) is 5.11. The number of nitrogens with zero attached hydrogens (tertiary/aromatic N) is 1. The van der Waals surface area contributed by atoms with Gasteiger partial charge in [0, 0.05) is 17.5 Å². The average molecular weight is 300 g/mol. The van der Waals surface area contributed by atoms with E-state index in [4.69, 9.17) is 5.73 Å². The molecule has 1 amide bonds. The van der Waals surface area contributed by atoms with E-state index in [2.05, 4.69) is 41.8 Å². The fourth-order valence-corrected chi connectivity index (χ4v) is 3.77. The van der Waals surface area contributed by atoms with E-state index in [0.717, 1.165) is 32.2 Å². The fraction of sp³-hybridized carbons (Fsp3) is 0.353. The van der Waals surface area contributed by atoms with E-state index >= 15 is 0 Å². The van der Waals surface area contributed by atoms with Gasteiger partial charge in [0.25, 0.3) is 0 Å². The highest BCUT2D eigenvalue weighted by Crippen LogP contribution is 2.26. The van der Waals surface area contributed by atoms with Crippen LogP contribution >= 0.6 is 11.3 Å². The van der Waals surface area contributed by atoms with Crippen LogP contribution in [0.5, 0.6) is 0 Å². The first-order chi connectivity index (χ1) is 10.3. The lowest BCUT2D eigenvalue weighted by Gasteiger charge is -2.37. The molecule has 2 aromatic rings. The third kappa shape index (κ3) is 3.17. The van der Waals surface area contributed by atoms with E-state index in [1.54, 1.807) is 11.3 Å². The normalized spacial score (nSPS) is 22.2. The second kappa shape index (κ2) is 6.41. The van der Waals surface area contributed by atoms with Gasteiger partial charge in [-0.3, -0.25) is 4.79 Å². The van der Waals surface area contributed by atoms with Crippen molar-refractivity contribution in [2.45, 2.75) is 31.3 Å². The number of carbonyl (C=O) groups is 1. The first kappa shape index (κ1) is 14.3. The molecule has 1 aromatic heterocycles. The summed E-state index contributed by atoms with van der Waals surface area (Å²) in [5.74, 6) is 0. The van der Waals surface area contributed by atoms with E-state index < -0.39 is 0 Å². The Morgan fingerprint density at radius 3 is 3.00 bits per heavy atom. The second-order valence-electron chi connectivity index (χ2n) is 5.60. The molecule has 0 radical (unpaired) electrons. The van der Waals surface area contributed by atoms with Crippen LogP contribution < -0.4 is 5.73 Å². The number of amides is 1. The number of carbonyl (C=O) groups excluding carboxylic acids is 1. The maximum absolute atomic E-state index is 11.2. The summed E-state index contributed by atoms with van der Waals surface area (Å²) >= 11 is 1.75. The molecule has 0 bridgehead atoms. The maximum Gasteiger partial charge on any atom is 0.210 e. The molecule has 1 aromatic carbocycles. The minimum Gasteiger partial charge on any atom is -0.340 e. The Kier molecular flexibility index (Phi) is 4.36. The molecule has 1 aliphatic rings. The number of rotatable bonds is 4. The SMILES string of the molecule is NC1CCCN(C=O)C1Cc1cccc(-c2cccs2)c1. The molecule has 2 unspecified atom stereocenters. The molecule has 0 saturated carbocycles. The maximum atomic E-state index is 11.2. The quantitative estimate of drug-likeness (QED) is 0.883. The summed E-state index contributed by atoms with van der Waals surface area (Å²) in [5.41, 5.74) is 8.71. The molecule has 2 heterocycles. The van der Waals surface area contributed by atoms with Gasteiger partial charge < -0.3 is 10.6 Å². The molecule has 1 fully saturated rings. The Morgan fingerprint density at radius 2 is 2.24 bits per heavy atom. The second-order valence-corrected chi connectivity index (χ2v) is 6.55. The van der Waals surface area contributed by atoms with E-state index in [9.17, 15) is 4.79 Å². The van der Waals surface area contributed by atoms with Gasteiger partial charge >= 0.3 is 0 Å². The minimum atomic E-state index is 0.0781. The van der Waals surface area contributed by atoms with Gasteiger partial charge in [0.15, 0.2) is 0 Å². The average Bonchev–Trinajstić information content (AvgIpc) is 3.04. The molecule has 0 aliphatic carbocycles. The zero-order valence-electron chi connectivity index (χ0n) is 11.9. The molecule has 1 aliphatic heterocycles. The third-order valence-electron chi connectivity index (χ3n) is 4.19. The van der Waals surface area contributed by atoms with Gasteiger partial charge in [-0.05, 0) is 41.8 Å². The zero-order chi connectivity index (χ0) is 14.7. The Hall–Kier alpha value is -1.65. The van der Waals surface area contributed by atoms with Crippen molar-refractivity contribution in [3.05, 3.63) is 47.3 Å². The molecule has 4 heteroatoms. The van der Waals surface area contributed by atoms with Crippen LogP contribution in [0.3, 0.4) is 0 Å². The van der Waals surface area contributed by atoms with Crippen molar-refractivity contribution >= 4 is 17.7 Å². The van der Waals surface area contributed by atoms with Crippen molar-refractivity contribution in [1.82, 2.24) is 4.90 Å². The largest absolute Gasteiger partial charge is 0.340 e. The smallest absolute Gasteiger partial charge is 0.210 e. The monoisotopic (exact) mass is 300 g/mol. The standard InChI is InChI=1S/C17H20N2OS/c18-15-6-2-8-19(12-20)16(15)11-13-4-1-5-14(10-13)17-7-3-9-21-17/h1,3-5,7,9-10,12,15-16H,2,6,8,11,18H2. The highest BCUT2D eigenvalue weighted by Gasteiger charge is 2.28. The molecule has 0 spiro atoms. The molecule has 2 atom stereocenters. The summed E-state index contributed by atoms with van der Waals surface area (Å²) in [7, 11) is 0. The molecular formula is C17H20N2OS. The first-order valence-electron chi connectivity index (χ1n) is 7.37. The van der Waals surface area contributed by atoms with Crippen LogP contribution in [0.1, 0.15) is 18.4 Å². The summed E-state index contributed by atoms with van der Waals surface area (Å²) < 4.78 is 0. The molecule has 2 N–H and O–H groups in total. The van der Waals surface area contributed by atoms with Crippen molar-refractivity contribution in [1.29, 1.82) is 0 Å². The van der Waals surface area contributed by atoms with E-state index in [0.29, 0.717) is 0 Å². The van der Waals surface area contributed by atoms with Crippen LogP contribution in [-0.4, -0.2) is 29.9 Å². The predicted octanol–water partition coefficient (Wildman–Crippen LogP) is 2.91. The van der Waals surface area contributed by atoms with Crippen molar-refractivity contribution in [3.8, 4) is 10.4 Å². The van der Waals surface area contributed by atoms with Gasteiger partial charge in [-0.2, -0.15) is 0 Å². The summed E-state index contributed by atoms with van der Waals surface area (Å²) in [4.78, 5) is 14.4. The van der Waals surface area contributed by atoms with E-state index in [-0.39, 0.29) is 12.1 Å². The Labute approximate surface area is 129 Å². The number of benzene rings is 1. The molecule has 21 heavy (non-hydrogen) atoms. The van der Waals surface area contributed by atoms with Crippen LogP contribution in [-0.2, 0) is 11.2 Å². The minimum absolute atomic E-state index is 0.0781. The van der Waals surface area contributed by atoms with Gasteiger partial charge in [0.2, 0.25) is 6.41 Å². The summed E-state index contributed by atoms with van der Waals surface area (Å²) in [6.45, 7) is 0.826. The zero-order valence-corrected chi connectivity index (χ0v) is 12.8. The number of nitrogens with two attached hydrogens (primary N) is 1. The van der Waals surface area contributed by atoms with E-state index in [1.807, 2.05) is 4.90 Å². The van der Waals surface area contributed by atoms with Gasteiger partial charge in [0.05, 0.1) is 6.04 Å². The van der Waals surface area contributed by atoms with Gasteiger partial charge in [0.1, 0.15) is 0 Å². The summed E-state index contributed by atoms with van der Waals surface area (Å²) in [6.07, 6.45) is 3.79. The summed E-state index contributed by atoms with van der Waals surface area (Å²) in [6, 6.07) is 13.0. The number of likely N-dealkylation sites (tertiary alicyclic amines) is 1. The topological polar surface area (TPSA) is 46.3 Å². The Balaban J connectivity index is 1.80. The molecular weight excluding hydrogens is 280 g/mol. The predicted molar refractivity (Wildman–Crippen MR) is 87.2 cm³/mol. The van der Waals surface area contributed by atoms with E-state index in [1.165, 1.54) is 16.0 Å².